The van der Waals surface area contributed by atoms with E-state index < -0.39 is 0 Å². The molecule has 0 aliphatic heterocycles. The number of nitrogens with one attached hydrogen (secondary N) is 2. The molecule has 0 amide bonds. The minimum atomic E-state index is 0.460. The minimum absolute atomic E-state index is 0.460. The Labute approximate surface area is 170 Å². The molecule has 3 aromatic rings. The van der Waals surface area contributed by atoms with Crippen LogP contribution in [0, 0.1) is 0 Å². The van der Waals surface area contributed by atoms with Crippen LogP contribution in [0.5, 0.6) is 17.2 Å². The molecule has 8 nitrogen and oxygen atoms in total. The number of anilines is 3. The molecule has 0 saturated heterocycles. The molecule has 0 spiro atoms. The molecule has 0 radical (unpaired) electrons. The fourth-order valence-electron chi connectivity index (χ4n) is 2.74. The number of ether oxygens (including phenoxy) is 3. The van der Waals surface area contributed by atoms with E-state index in [2.05, 4.69) is 25.8 Å². The van der Waals surface area contributed by atoms with Gasteiger partial charge in [-0.1, -0.05) is 6.07 Å². The van der Waals surface area contributed by atoms with Crippen LogP contribution < -0.4 is 24.8 Å². The fourth-order valence-corrected chi connectivity index (χ4v) is 2.74. The van der Waals surface area contributed by atoms with Crippen molar-refractivity contribution in [3.8, 4) is 17.2 Å². The molecule has 0 atom stereocenters. The fraction of sp³-hybridized carbons (Fsp3) is 0.286. The molecular weight excluding hydrogens is 370 g/mol. The minimum Gasteiger partial charge on any atom is -0.494 e. The smallest absolute Gasteiger partial charge is 0.244 e. The van der Waals surface area contributed by atoms with Crippen molar-refractivity contribution in [2.45, 2.75) is 13.3 Å². The zero-order valence-electron chi connectivity index (χ0n) is 16.8. The molecule has 0 fully saturated rings. The Bertz CT molecular complexity index is 918. The SMILES string of the molecule is CCOc1ccc(Nc2cnnc(NCCc3ccc(OC)c(OC)c3)n2)cc1. The average molecular weight is 395 g/mol. The van der Waals surface area contributed by atoms with E-state index >= 15 is 0 Å². The second kappa shape index (κ2) is 10.1. The third-order valence-corrected chi connectivity index (χ3v) is 4.14. The molecule has 1 aromatic heterocycles. The number of benzene rings is 2. The molecular formula is C21H25N5O3. The van der Waals surface area contributed by atoms with Gasteiger partial charge in [-0.25, -0.2) is 0 Å². The average Bonchev–Trinajstić information content (AvgIpc) is 2.75. The summed E-state index contributed by atoms with van der Waals surface area (Å²) in [5.41, 5.74) is 2.01. The van der Waals surface area contributed by atoms with Gasteiger partial charge in [-0.15, -0.1) is 5.10 Å². The highest BCUT2D eigenvalue weighted by molar-refractivity contribution is 5.57. The van der Waals surface area contributed by atoms with Crippen LogP contribution >= 0.6 is 0 Å². The van der Waals surface area contributed by atoms with Crippen LogP contribution in [0.25, 0.3) is 0 Å². The maximum atomic E-state index is 5.45. The summed E-state index contributed by atoms with van der Waals surface area (Å²) in [6.45, 7) is 3.25. The van der Waals surface area contributed by atoms with Crippen LogP contribution in [0.3, 0.4) is 0 Å². The second-order valence-corrected chi connectivity index (χ2v) is 6.11. The Morgan fingerprint density at radius 1 is 0.966 bits per heavy atom. The van der Waals surface area contributed by atoms with E-state index in [9.17, 15) is 0 Å². The summed E-state index contributed by atoms with van der Waals surface area (Å²) < 4.78 is 16.0. The summed E-state index contributed by atoms with van der Waals surface area (Å²) in [5.74, 6) is 3.32. The van der Waals surface area contributed by atoms with E-state index in [0.29, 0.717) is 36.4 Å². The van der Waals surface area contributed by atoms with Gasteiger partial charge in [-0.3, -0.25) is 0 Å². The van der Waals surface area contributed by atoms with Gasteiger partial charge in [0.15, 0.2) is 17.3 Å². The van der Waals surface area contributed by atoms with Gasteiger partial charge in [-0.2, -0.15) is 10.1 Å². The third kappa shape index (κ3) is 5.71. The summed E-state index contributed by atoms with van der Waals surface area (Å²) in [6.07, 6.45) is 2.36. The third-order valence-electron chi connectivity index (χ3n) is 4.14. The van der Waals surface area contributed by atoms with Crippen molar-refractivity contribution in [2.24, 2.45) is 0 Å². The van der Waals surface area contributed by atoms with E-state index in [1.54, 1.807) is 20.4 Å². The molecule has 8 heteroatoms. The first-order valence-electron chi connectivity index (χ1n) is 9.36. The maximum Gasteiger partial charge on any atom is 0.244 e. The van der Waals surface area contributed by atoms with E-state index in [0.717, 1.165) is 23.4 Å². The monoisotopic (exact) mass is 395 g/mol. The highest BCUT2D eigenvalue weighted by Crippen LogP contribution is 2.27. The van der Waals surface area contributed by atoms with E-state index in [4.69, 9.17) is 14.2 Å². The lowest BCUT2D eigenvalue weighted by molar-refractivity contribution is 0.340. The number of hydrogen-bond acceptors (Lipinski definition) is 8. The maximum absolute atomic E-state index is 5.45. The summed E-state index contributed by atoms with van der Waals surface area (Å²) in [7, 11) is 3.25. The molecule has 152 valence electrons. The molecule has 29 heavy (non-hydrogen) atoms. The quantitative estimate of drug-likeness (QED) is 0.537. The van der Waals surface area contributed by atoms with E-state index in [-0.39, 0.29) is 0 Å². The standard InChI is InChI=1S/C21H25N5O3/c1-4-29-17-8-6-16(7-9-17)24-20-14-23-26-21(25-20)22-12-11-15-5-10-18(27-2)19(13-15)28-3/h5-10,13-14H,4,11-12H2,1-3H3,(H2,22,24,25,26). The Morgan fingerprint density at radius 3 is 2.48 bits per heavy atom. The van der Waals surface area contributed by atoms with Gasteiger partial charge in [0.25, 0.3) is 0 Å². The predicted octanol–water partition coefficient (Wildman–Crippen LogP) is 3.69. The predicted molar refractivity (Wildman–Crippen MR) is 112 cm³/mol. The van der Waals surface area contributed by atoms with Gasteiger partial charge >= 0.3 is 0 Å². The van der Waals surface area contributed by atoms with Crippen LogP contribution in [0.4, 0.5) is 17.5 Å². The van der Waals surface area contributed by atoms with Crippen LogP contribution in [-0.2, 0) is 6.42 Å². The molecule has 2 N–H and O–H groups in total. The highest BCUT2D eigenvalue weighted by Gasteiger charge is 2.06. The molecule has 1 heterocycles. The number of aromatic nitrogens is 3. The Hall–Kier alpha value is -3.55. The Kier molecular flexibility index (Phi) is 7.05. The van der Waals surface area contributed by atoms with Crippen molar-refractivity contribution in [3.05, 3.63) is 54.2 Å². The number of nitrogens with zero attached hydrogens (tertiary/aromatic N) is 3. The van der Waals surface area contributed by atoms with Crippen molar-refractivity contribution in [3.63, 3.8) is 0 Å². The van der Waals surface area contributed by atoms with Gasteiger partial charge < -0.3 is 24.8 Å². The zero-order valence-corrected chi connectivity index (χ0v) is 16.8. The topological polar surface area (TPSA) is 90.4 Å². The number of hydrogen-bond donors (Lipinski definition) is 2. The Balaban J connectivity index is 1.56. The van der Waals surface area contributed by atoms with Crippen LogP contribution in [0.2, 0.25) is 0 Å². The van der Waals surface area contributed by atoms with Gasteiger partial charge in [0.1, 0.15) is 5.75 Å². The Morgan fingerprint density at radius 2 is 1.76 bits per heavy atom. The molecule has 0 saturated carbocycles. The molecule has 0 bridgehead atoms. The molecule has 0 aliphatic carbocycles. The van der Waals surface area contributed by atoms with Gasteiger partial charge in [0.2, 0.25) is 5.95 Å². The van der Waals surface area contributed by atoms with Crippen molar-refractivity contribution >= 4 is 17.5 Å². The highest BCUT2D eigenvalue weighted by atomic mass is 16.5. The van der Waals surface area contributed by atoms with Crippen molar-refractivity contribution in [1.82, 2.24) is 15.2 Å². The van der Waals surface area contributed by atoms with Gasteiger partial charge in [0.05, 0.1) is 27.0 Å². The lowest BCUT2D eigenvalue weighted by Gasteiger charge is -2.10. The zero-order chi connectivity index (χ0) is 20.5. The molecule has 3 rings (SSSR count). The molecule has 0 unspecified atom stereocenters. The van der Waals surface area contributed by atoms with Crippen LogP contribution in [0.15, 0.2) is 48.7 Å². The lowest BCUT2D eigenvalue weighted by atomic mass is 10.1. The van der Waals surface area contributed by atoms with E-state index in [1.165, 1.54) is 0 Å². The first kappa shape index (κ1) is 20.2. The normalized spacial score (nSPS) is 10.3. The van der Waals surface area contributed by atoms with Crippen molar-refractivity contribution < 1.29 is 14.2 Å². The van der Waals surface area contributed by atoms with Gasteiger partial charge in [0, 0.05) is 12.2 Å². The first-order valence-corrected chi connectivity index (χ1v) is 9.36. The van der Waals surface area contributed by atoms with Crippen LogP contribution in [-0.4, -0.2) is 42.6 Å². The van der Waals surface area contributed by atoms with Crippen molar-refractivity contribution in [1.29, 1.82) is 0 Å². The largest absolute Gasteiger partial charge is 0.494 e. The summed E-state index contributed by atoms with van der Waals surface area (Å²) in [6, 6.07) is 13.5. The summed E-state index contributed by atoms with van der Waals surface area (Å²) in [5, 5.41) is 14.4. The van der Waals surface area contributed by atoms with Crippen molar-refractivity contribution in [2.75, 3.05) is 38.0 Å². The van der Waals surface area contributed by atoms with E-state index in [1.807, 2.05) is 49.4 Å². The summed E-state index contributed by atoms with van der Waals surface area (Å²) >= 11 is 0. The molecule has 0 aliphatic rings. The van der Waals surface area contributed by atoms with Crippen LogP contribution in [0.1, 0.15) is 12.5 Å². The number of rotatable bonds is 10. The first-order chi connectivity index (χ1) is 14.2. The summed E-state index contributed by atoms with van der Waals surface area (Å²) in [4.78, 5) is 4.45. The second-order valence-electron chi connectivity index (χ2n) is 6.11. The lowest BCUT2D eigenvalue weighted by Crippen LogP contribution is -2.10. The van der Waals surface area contributed by atoms with Gasteiger partial charge in [-0.05, 0) is 55.3 Å². The number of methoxy groups -OCH3 is 2. The molecule has 2 aromatic carbocycles.